The van der Waals surface area contributed by atoms with E-state index in [1.807, 2.05) is 11.8 Å². The van der Waals surface area contributed by atoms with Gasteiger partial charge in [-0.1, -0.05) is 29.8 Å². The zero-order valence-electron chi connectivity index (χ0n) is 11.4. The molecule has 1 aromatic rings. The van der Waals surface area contributed by atoms with Crippen LogP contribution in [0.5, 0.6) is 0 Å². The highest BCUT2D eigenvalue weighted by atomic mass is 79.9. The molecule has 106 valence electrons. The predicted molar refractivity (Wildman–Crippen MR) is 88.8 cm³/mol. The zero-order valence-corrected chi connectivity index (χ0v) is 14.6. The van der Waals surface area contributed by atoms with Gasteiger partial charge in [0.05, 0.1) is 4.88 Å². The summed E-state index contributed by atoms with van der Waals surface area (Å²) in [5, 5.41) is 4.03. The van der Waals surface area contributed by atoms with Crippen LogP contribution in [0.1, 0.15) is 46.8 Å². The summed E-state index contributed by atoms with van der Waals surface area (Å²) in [6, 6.07) is 2.09. The van der Waals surface area contributed by atoms with E-state index in [4.69, 9.17) is 0 Å². The number of fused-ring (bicyclic) bond motifs is 1. The molecule has 1 aliphatic heterocycles. The number of thiophene rings is 1. The largest absolute Gasteiger partial charge is 0.345 e. The van der Waals surface area contributed by atoms with E-state index in [0.717, 1.165) is 35.2 Å². The highest BCUT2D eigenvalue weighted by molar-refractivity contribution is 9.09. The number of nitrogens with one attached hydrogen (secondary N) is 1. The summed E-state index contributed by atoms with van der Waals surface area (Å²) in [4.78, 5) is 14.7. The summed E-state index contributed by atoms with van der Waals surface area (Å²) in [7, 11) is 0. The van der Waals surface area contributed by atoms with E-state index < -0.39 is 0 Å². The summed E-state index contributed by atoms with van der Waals surface area (Å²) in [5.41, 5.74) is 1.25. The quantitative estimate of drug-likeness (QED) is 0.795. The smallest absolute Gasteiger partial charge is 0.261 e. The van der Waals surface area contributed by atoms with Gasteiger partial charge in [-0.25, -0.2) is 0 Å². The third-order valence-electron chi connectivity index (χ3n) is 3.84. The van der Waals surface area contributed by atoms with Crippen LogP contribution in [-0.2, 0) is 12.2 Å². The Morgan fingerprint density at radius 1 is 1.47 bits per heavy atom. The van der Waals surface area contributed by atoms with Crippen molar-refractivity contribution in [2.45, 2.75) is 44.4 Å². The normalized spacial score (nSPS) is 15.1. The first-order chi connectivity index (χ1) is 9.14. The fraction of sp³-hybridized carbons (Fsp3) is 0.643. The maximum atomic E-state index is 12.4. The number of halogens is 1. The molecule has 2 heterocycles. The average Bonchev–Trinajstić information content (AvgIpc) is 2.89. The Morgan fingerprint density at radius 2 is 2.21 bits per heavy atom. The lowest BCUT2D eigenvalue weighted by atomic mass is 9.95. The fourth-order valence-electron chi connectivity index (χ4n) is 2.21. The molecule has 2 nitrogen and oxygen atoms in total. The first kappa shape index (κ1) is 15.4. The summed E-state index contributed by atoms with van der Waals surface area (Å²) in [6.07, 6.45) is 3.01. The van der Waals surface area contributed by atoms with Crippen LogP contribution in [0.15, 0.2) is 6.07 Å². The molecular formula is C14H20BrNOS2. The van der Waals surface area contributed by atoms with Crippen molar-refractivity contribution < 1.29 is 4.79 Å². The van der Waals surface area contributed by atoms with Gasteiger partial charge in [-0.3, -0.25) is 4.79 Å². The number of hydrogen-bond donors (Lipinski definition) is 1. The zero-order chi connectivity index (χ0) is 13.9. The minimum absolute atomic E-state index is 0.0903. The van der Waals surface area contributed by atoms with Gasteiger partial charge in [-0.15, -0.1) is 11.3 Å². The van der Waals surface area contributed by atoms with Gasteiger partial charge in [0.2, 0.25) is 0 Å². The molecule has 0 saturated heterocycles. The van der Waals surface area contributed by atoms with Gasteiger partial charge in [0, 0.05) is 21.5 Å². The number of carbonyl (C=O) groups is 1. The second-order valence-electron chi connectivity index (χ2n) is 4.94. The predicted octanol–water partition coefficient (Wildman–Crippen LogP) is 4.22. The van der Waals surface area contributed by atoms with Crippen molar-refractivity contribution in [2.24, 2.45) is 0 Å². The molecule has 0 unspecified atom stereocenters. The van der Waals surface area contributed by atoms with Crippen molar-refractivity contribution in [3.8, 4) is 0 Å². The fourth-order valence-corrected chi connectivity index (χ4v) is 5.41. The monoisotopic (exact) mass is 361 g/mol. The van der Waals surface area contributed by atoms with Crippen LogP contribution in [0.4, 0.5) is 0 Å². The lowest BCUT2D eigenvalue weighted by molar-refractivity contribution is 0.0908. The number of carbonyl (C=O) groups excluding carboxylic acids is 1. The van der Waals surface area contributed by atoms with E-state index in [1.165, 1.54) is 16.2 Å². The molecule has 0 aromatic carbocycles. The molecule has 2 rings (SSSR count). The van der Waals surface area contributed by atoms with E-state index in [0.29, 0.717) is 0 Å². The van der Waals surface area contributed by atoms with Crippen molar-refractivity contribution in [1.29, 1.82) is 0 Å². The number of aryl methyl sites for hydroxylation is 1. The lowest BCUT2D eigenvalue weighted by Crippen LogP contribution is -2.48. The van der Waals surface area contributed by atoms with Crippen LogP contribution in [0.3, 0.4) is 0 Å². The Labute approximate surface area is 131 Å². The molecule has 1 N–H and O–H groups in total. The third kappa shape index (κ3) is 3.37. The van der Waals surface area contributed by atoms with Gasteiger partial charge < -0.3 is 5.32 Å². The Morgan fingerprint density at radius 3 is 2.79 bits per heavy atom. The molecule has 5 heteroatoms. The molecule has 0 fully saturated rings. The number of amides is 1. The number of rotatable bonds is 5. The molecule has 0 saturated carbocycles. The van der Waals surface area contributed by atoms with Crippen LogP contribution in [-0.4, -0.2) is 22.5 Å². The van der Waals surface area contributed by atoms with Crippen molar-refractivity contribution >= 4 is 44.9 Å². The molecule has 19 heavy (non-hydrogen) atoms. The summed E-state index contributed by atoms with van der Waals surface area (Å²) >= 11 is 7.17. The van der Waals surface area contributed by atoms with E-state index in [2.05, 4.69) is 41.2 Å². The van der Waals surface area contributed by atoms with Gasteiger partial charge in [0.1, 0.15) is 0 Å². The van der Waals surface area contributed by atoms with Crippen LogP contribution >= 0.6 is 39.0 Å². The summed E-state index contributed by atoms with van der Waals surface area (Å²) in [6.45, 7) is 4.25. The first-order valence-corrected chi connectivity index (χ1v) is 9.81. The maximum absolute atomic E-state index is 12.4. The Bertz CT molecular complexity index is 423. The average molecular weight is 362 g/mol. The Kier molecular flexibility index (Phi) is 5.37. The highest BCUT2D eigenvalue weighted by Crippen LogP contribution is 2.32. The molecule has 0 spiro atoms. The standard InChI is InChI=1S/C14H20BrNOS2/c1-3-14(4-2,9-15)16-13(17)12-7-10-8-18-6-5-11(10)19-12/h7H,3-6,8-9H2,1-2H3,(H,16,17). The van der Waals surface area contributed by atoms with Gasteiger partial charge in [0.25, 0.3) is 5.91 Å². The molecule has 0 radical (unpaired) electrons. The molecule has 0 bridgehead atoms. The second kappa shape index (κ2) is 6.64. The van der Waals surface area contributed by atoms with Crippen LogP contribution in [0, 0.1) is 0 Å². The van der Waals surface area contributed by atoms with Crippen molar-refractivity contribution in [1.82, 2.24) is 5.32 Å². The molecule has 1 amide bonds. The van der Waals surface area contributed by atoms with Crippen molar-refractivity contribution in [2.75, 3.05) is 11.1 Å². The molecular weight excluding hydrogens is 342 g/mol. The topological polar surface area (TPSA) is 29.1 Å². The maximum Gasteiger partial charge on any atom is 0.261 e. The molecule has 0 atom stereocenters. The molecule has 1 aliphatic rings. The van der Waals surface area contributed by atoms with E-state index in [9.17, 15) is 4.79 Å². The summed E-state index contributed by atoms with van der Waals surface area (Å²) < 4.78 is 0. The SMILES string of the molecule is CCC(CC)(CBr)NC(=O)c1cc2c(s1)CCSC2. The first-order valence-electron chi connectivity index (χ1n) is 6.72. The molecule has 0 aliphatic carbocycles. The Hall–Kier alpha value is -0.000000000000000111. The van der Waals surface area contributed by atoms with Crippen molar-refractivity contribution in [3.05, 3.63) is 21.4 Å². The van der Waals surface area contributed by atoms with Gasteiger partial charge in [0.15, 0.2) is 0 Å². The van der Waals surface area contributed by atoms with E-state index in [-0.39, 0.29) is 11.4 Å². The van der Waals surface area contributed by atoms with Gasteiger partial charge >= 0.3 is 0 Å². The Balaban J connectivity index is 2.13. The van der Waals surface area contributed by atoms with E-state index >= 15 is 0 Å². The minimum Gasteiger partial charge on any atom is -0.345 e. The van der Waals surface area contributed by atoms with Gasteiger partial charge in [-0.2, -0.15) is 11.8 Å². The number of hydrogen-bond acceptors (Lipinski definition) is 3. The van der Waals surface area contributed by atoms with Crippen LogP contribution in [0.25, 0.3) is 0 Å². The van der Waals surface area contributed by atoms with Gasteiger partial charge in [-0.05, 0) is 36.6 Å². The third-order valence-corrected chi connectivity index (χ3v) is 7.16. The van der Waals surface area contributed by atoms with Crippen LogP contribution in [0.2, 0.25) is 0 Å². The number of thioether (sulfide) groups is 1. The lowest BCUT2D eigenvalue weighted by Gasteiger charge is -2.30. The highest BCUT2D eigenvalue weighted by Gasteiger charge is 2.28. The second-order valence-corrected chi connectivity index (χ2v) is 7.74. The van der Waals surface area contributed by atoms with Crippen LogP contribution < -0.4 is 5.32 Å². The van der Waals surface area contributed by atoms with E-state index in [1.54, 1.807) is 11.3 Å². The minimum atomic E-state index is -0.115. The van der Waals surface area contributed by atoms with Crippen molar-refractivity contribution in [3.63, 3.8) is 0 Å². The number of alkyl halides is 1. The summed E-state index contributed by atoms with van der Waals surface area (Å²) in [5.74, 6) is 2.33. The molecule has 1 aromatic heterocycles.